The van der Waals surface area contributed by atoms with Crippen LogP contribution in [-0.4, -0.2) is 37.2 Å². The lowest BCUT2D eigenvalue weighted by Crippen LogP contribution is -2.30. The van der Waals surface area contributed by atoms with Crippen LogP contribution in [0.15, 0.2) is 97.2 Å². The topological polar surface area (TPSA) is 78.9 Å². The molecule has 0 aliphatic heterocycles. The van der Waals surface area contributed by atoms with Crippen molar-refractivity contribution in [1.29, 1.82) is 0 Å². The molecule has 0 aromatic carbocycles. The smallest absolute Gasteiger partial charge is 0.306 e. The van der Waals surface area contributed by atoms with Gasteiger partial charge in [-0.1, -0.05) is 227 Å². The van der Waals surface area contributed by atoms with Gasteiger partial charge in [-0.2, -0.15) is 0 Å². The summed E-state index contributed by atoms with van der Waals surface area (Å²) >= 11 is 0. The number of esters is 3. The van der Waals surface area contributed by atoms with Gasteiger partial charge in [-0.25, -0.2) is 0 Å². The zero-order valence-electron chi connectivity index (χ0n) is 44.3. The summed E-state index contributed by atoms with van der Waals surface area (Å²) in [6.45, 7) is 6.42. The van der Waals surface area contributed by atoms with E-state index in [-0.39, 0.29) is 37.5 Å². The van der Waals surface area contributed by atoms with Gasteiger partial charge in [-0.3, -0.25) is 14.4 Å². The van der Waals surface area contributed by atoms with Crippen molar-refractivity contribution < 1.29 is 28.6 Å². The van der Waals surface area contributed by atoms with Crippen molar-refractivity contribution in [2.24, 2.45) is 0 Å². The second-order valence-corrected chi connectivity index (χ2v) is 18.5. The van der Waals surface area contributed by atoms with Gasteiger partial charge in [-0.15, -0.1) is 0 Å². The number of carbonyl (C=O) groups is 3. The molecule has 6 heteroatoms. The molecule has 388 valence electrons. The third-order valence-electron chi connectivity index (χ3n) is 11.8. The molecule has 68 heavy (non-hydrogen) atoms. The highest BCUT2D eigenvalue weighted by Crippen LogP contribution is 2.14. The highest BCUT2D eigenvalue weighted by molar-refractivity contribution is 5.71. The minimum atomic E-state index is -0.816. The Morgan fingerprint density at radius 3 is 1.00 bits per heavy atom. The summed E-state index contributed by atoms with van der Waals surface area (Å²) in [5.74, 6) is -1.01. The third-order valence-corrected chi connectivity index (χ3v) is 11.8. The first kappa shape index (κ1) is 64.3. The van der Waals surface area contributed by atoms with Crippen LogP contribution in [0.4, 0.5) is 0 Å². The molecule has 0 aliphatic rings. The van der Waals surface area contributed by atoms with Gasteiger partial charge in [-0.05, 0) is 109 Å². The van der Waals surface area contributed by atoms with Crippen molar-refractivity contribution in [1.82, 2.24) is 0 Å². The van der Waals surface area contributed by atoms with E-state index in [1.54, 1.807) is 0 Å². The number of hydrogen-bond acceptors (Lipinski definition) is 6. The molecule has 0 fully saturated rings. The fourth-order valence-electron chi connectivity index (χ4n) is 7.57. The van der Waals surface area contributed by atoms with E-state index >= 15 is 0 Å². The molecule has 0 saturated carbocycles. The van der Waals surface area contributed by atoms with Crippen LogP contribution in [-0.2, 0) is 28.6 Å². The maximum absolute atomic E-state index is 12.8. The maximum Gasteiger partial charge on any atom is 0.306 e. The summed E-state index contributed by atoms with van der Waals surface area (Å²) in [7, 11) is 0. The molecule has 0 bridgehead atoms. The number of unbranched alkanes of at least 4 members (excludes halogenated alkanes) is 23. The highest BCUT2D eigenvalue weighted by Gasteiger charge is 2.19. The van der Waals surface area contributed by atoms with Crippen LogP contribution in [0.1, 0.15) is 258 Å². The number of carbonyl (C=O) groups excluding carboxylic acids is 3. The SMILES string of the molecule is CC/C=C\C/C=C\C/C=C\C/C=C\CCC(=O)OCC(COC(=O)CCCCCCCCCCC/C=C\C/C=C\CCCCCCC)OC(=O)CCCCCCC/C=C\C/C=C\CCCCCC. The molecule has 0 rings (SSSR count). The van der Waals surface area contributed by atoms with E-state index in [4.69, 9.17) is 14.2 Å². The summed E-state index contributed by atoms with van der Waals surface area (Å²) in [6, 6.07) is 0. The van der Waals surface area contributed by atoms with Gasteiger partial charge in [0.25, 0.3) is 0 Å². The first-order valence-electron chi connectivity index (χ1n) is 28.2. The van der Waals surface area contributed by atoms with Gasteiger partial charge in [0.2, 0.25) is 0 Å². The van der Waals surface area contributed by atoms with Crippen LogP contribution >= 0.6 is 0 Å². The predicted octanol–water partition coefficient (Wildman–Crippen LogP) is 18.9. The molecule has 0 aromatic heterocycles. The van der Waals surface area contributed by atoms with E-state index in [9.17, 15) is 14.4 Å². The Bertz CT molecular complexity index is 1360. The average molecular weight is 946 g/mol. The van der Waals surface area contributed by atoms with Crippen molar-refractivity contribution in [3.63, 3.8) is 0 Å². The lowest BCUT2D eigenvalue weighted by molar-refractivity contribution is -0.166. The van der Waals surface area contributed by atoms with Gasteiger partial charge >= 0.3 is 17.9 Å². The van der Waals surface area contributed by atoms with E-state index in [1.807, 2.05) is 12.2 Å². The fraction of sp³-hybridized carbons (Fsp3) is 0.694. The van der Waals surface area contributed by atoms with Crippen LogP contribution in [0, 0.1) is 0 Å². The quantitative estimate of drug-likeness (QED) is 0.0262. The van der Waals surface area contributed by atoms with E-state index in [1.165, 1.54) is 116 Å². The van der Waals surface area contributed by atoms with Crippen molar-refractivity contribution in [2.45, 2.75) is 264 Å². The van der Waals surface area contributed by atoms with Crippen molar-refractivity contribution >= 4 is 17.9 Å². The lowest BCUT2D eigenvalue weighted by atomic mass is 10.1. The Labute approximate surface area is 419 Å². The highest BCUT2D eigenvalue weighted by atomic mass is 16.6. The molecule has 0 heterocycles. The third kappa shape index (κ3) is 53.3. The molecule has 0 aromatic rings. The first-order valence-corrected chi connectivity index (χ1v) is 28.2. The predicted molar refractivity (Wildman–Crippen MR) is 293 cm³/mol. The molecule has 0 saturated heterocycles. The first-order chi connectivity index (χ1) is 33.5. The minimum Gasteiger partial charge on any atom is -0.462 e. The average Bonchev–Trinajstić information content (AvgIpc) is 3.34. The summed E-state index contributed by atoms with van der Waals surface area (Å²) < 4.78 is 16.8. The van der Waals surface area contributed by atoms with Crippen LogP contribution in [0.3, 0.4) is 0 Å². The van der Waals surface area contributed by atoms with Crippen molar-refractivity contribution in [3.05, 3.63) is 97.2 Å². The van der Waals surface area contributed by atoms with Crippen LogP contribution in [0.2, 0.25) is 0 Å². The molecule has 0 amide bonds. The summed E-state index contributed by atoms with van der Waals surface area (Å²) in [5, 5.41) is 0. The molecule has 6 nitrogen and oxygen atoms in total. The van der Waals surface area contributed by atoms with E-state index in [0.29, 0.717) is 19.3 Å². The standard InChI is InChI=1S/C62H104O6/c1-4-7-10-13-16-19-22-25-27-29-30-31-32-33-35-37-40-43-46-49-52-55-61(64)67-58-59(57-66-60(63)54-51-48-45-42-39-36-24-21-18-15-12-9-6-3)68-62(65)56-53-50-47-44-41-38-34-28-26-23-20-17-14-11-8-5-2/h9,12,18,20-23,25,28-30,34,36,39,45,48,59H,4-8,10-11,13-17,19,24,26-27,31-33,35,37-38,40-44,46-47,49-58H2,1-3H3/b12-9-,21-18-,23-20-,25-22-,30-29-,34-28-,39-36-,48-45-. The Balaban J connectivity index is 4.44. The number of rotatable bonds is 50. The number of hydrogen-bond donors (Lipinski definition) is 0. The Hall–Kier alpha value is -3.67. The van der Waals surface area contributed by atoms with Crippen molar-refractivity contribution in [2.75, 3.05) is 13.2 Å². The molecule has 0 aliphatic carbocycles. The molecule has 0 radical (unpaired) electrons. The normalized spacial score (nSPS) is 12.8. The zero-order chi connectivity index (χ0) is 49.3. The van der Waals surface area contributed by atoms with Crippen molar-refractivity contribution in [3.8, 4) is 0 Å². The minimum absolute atomic E-state index is 0.108. The molecule has 0 spiro atoms. The van der Waals surface area contributed by atoms with Gasteiger partial charge in [0.1, 0.15) is 13.2 Å². The second kappa shape index (κ2) is 55.9. The Morgan fingerprint density at radius 1 is 0.309 bits per heavy atom. The largest absolute Gasteiger partial charge is 0.462 e. The number of allylic oxidation sites excluding steroid dienone is 16. The lowest BCUT2D eigenvalue weighted by Gasteiger charge is -2.18. The van der Waals surface area contributed by atoms with Gasteiger partial charge in [0.05, 0.1) is 0 Å². The second-order valence-electron chi connectivity index (χ2n) is 18.5. The monoisotopic (exact) mass is 945 g/mol. The molecular formula is C62H104O6. The van der Waals surface area contributed by atoms with E-state index in [2.05, 4.69) is 106 Å². The van der Waals surface area contributed by atoms with Crippen LogP contribution < -0.4 is 0 Å². The molecule has 1 atom stereocenters. The van der Waals surface area contributed by atoms with Crippen LogP contribution in [0.5, 0.6) is 0 Å². The molecular weight excluding hydrogens is 841 g/mol. The van der Waals surface area contributed by atoms with Gasteiger partial charge < -0.3 is 14.2 Å². The number of ether oxygens (including phenoxy) is 3. The van der Waals surface area contributed by atoms with Gasteiger partial charge in [0, 0.05) is 19.3 Å². The summed E-state index contributed by atoms with van der Waals surface area (Å²) in [4.78, 5) is 38.1. The Kier molecular flexibility index (Phi) is 52.9. The zero-order valence-corrected chi connectivity index (χ0v) is 44.3. The molecule has 0 N–H and O–H groups in total. The van der Waals surface area contributed by atoms with Gasteiger partial charge in [0.15, 0.2) is 6.10 Å². The van der Waals surface area contributed by atoms with Crippen LogP contribution in [0.25, 0.3) is 0 Å². The summed E-state index contributed by atoms with van der Waals surface area (Å²) in [5.41, 5.74) is 0. The molecule has 1 unspecified atom stereocenters. The fourth-order valence-corrected chi connectivity index (χ4v) is 7.57. The van der Waals surface area contributed by atoms with E-state index in [0.717, 1.165) is 96.3 Å². The Morgan fingerprint density at radius 2 is 0.603 bits per heavy atom. The maximum atomic E-state index is 12.8. The van der Waals surface area contributed by atoms with E-state index < -0.39 is 6.10 Å². The summed E-state index contributed by atoms with van der Waals surface area (Å²) in [6.07, 6.45) is 74.1.